The lowest BCUT2D eigenvalue weighted by Crippen LogP contribution is -2.48. The first kappa shape index (κ1) is 15.4. The summed E-state index contributed by atoms with van der Waals surface area (Å²) in [5.41, 5.74) is 1.50. The van der Waals surface area contributed by atoms with Crippen molar-refractivity contribution >= 4 is 11.5 Å². The van der Waals surface area contributed by atoms with Gasteiger partial charge in [-0.2, -0.15) is 0 Å². The van der Waals surface area contributed by atoms with Crippen LogP contribution in [0.4, 0.5) is 14.6 Å². The predicted molar refractivity (Wildman–Crippen MR) is 82.2 cm³/mol. The van der Waals surface area contributed by atoms with E-state index in [1.54, 1.807) is 11.0 Å². The van der Waals surface area contributed by atoms with Crippen molar-refractivity contribution in [3.63, 3.8) is 0 Å². The second-order valence-electron chi connectivity index (χ2n) is 5.16. The first-order valence-corrected chi connectivity index (χ1v) is 7.02. The van der Waals surface area contributed by atoms with Crippen LogP contribution in [0.25, 0.3) is 11.1 Å². The summed E-state index contributed by atoms with van der Waals surface area (Å²) >= 11 is 0. The Morgan fingerprint density at radius 3 is 2.78 bits per heavy atom. The van der Waals surface area contributed by atoms with Gasteiger partial charge in [0.25, 0.3) is 0 Å². The van der Waals surface area contributed by atoms with Gasteiger partial charge >= 0.3 is 0 Å². The minimum absolute atomic E-state index is 0.162. The topological polar surface area (TPSA) is 58.0 Å². The summed E-state index contributed by atoms with van der Waals surface area (Å²) in [7, 11) is 1.46. The van der Waals surface area contributed by atoms with Gasteiger partial charge in [0.05, 0.1) is 25.4 Å². The average molecular weight is 319 g/mol. The molecule has 0 atom stereocenters. The van der Waals surface area contributed by atoms with E-state index in [-0.39, 0.29) is 16.9 Å². The Bertz CT molecular complexity index is 757. The molecule has 0 saturated carbocycles. The quantitative estimate of drug-likeness (QED) is 0.879. The molecule has 120 valence electrons. The number of aliphatic hydroxyl groups is 1. The fourth-order valence-corrected chi connectivity index (χ4v) is 2.47. The Morgan fingerprint density at radius 1 is 1.35 bits per heavy atom. The van der Waals surface area contributed by atoms with E-state index in [4.69, 9.17) is 5.11 Å². The molecule has 2 heterocycles. The summed E-state index contributed by atoms with van der Waals surface area (Å²) < 4.78 is 28.5. The number of rotatable bonds is 4. The third-order valence-corrected chi connectivity index (χ3v) is 3.65. The molecular formula is C16H15F2N3O2. The van der Waals surface area contributed by atoms with E-state index >= 15 is 0 Å². The molecular weight excluding hydrogens is 304 g/mol. The van der Waals surface area contributed by atoms with Gasteiger partial charge in [-0.3, -0.25) is 0 Å². The van der Waals surface area contributed by atoms with E-state index < -0.39 is 18.2 Å². The third kappa shape index (κ3) is 2.87. The van der Waals surface area contributed by atoms with Gasteiger partial charge in [-0.25, -0.2) is 13.8 Å². The predicted octanol–water partition coefficient (Wildman–Crippen LogP) is 2.34. The Kier molecular flexibility index (Phi) is 4.20. The fourth-order valence-electron chi connectivity index (χ4n) is 2.47. The number of halogens is 2. The molecule has 5 nitrogen and oxygen atoms in total. The van der Waals surface area contributed by atoms with Crippen LogP contribution in [0, 0.1) is 11.6 Å². The van der Waals surface area contributed by atoms with E-state index in [1.165, 1.54) is 31.5 Å². The van der Waals surface area contributed by atoms with E-state index in [2.05, 4.69) is 15.0 Å². The standard InChI is InChI=1S/C16H15F2N3O2/c1-23-20-12-7-21(8-12)16-14(17)5-11(6-19-16)13-4-2-3-10(9-22)15(13)18/h2-6,22H,7-9H2,1H3. The van der Waals surface area contributed by atoms with Crippen LogP contribution in [-0.2, 0) is 11.4 Å². The Morgan fingerprint density at radius 2 is 2.13 bits per heavy atom. The molecule has 1 aliphatic heterocycles. The second-order valence-corrected chi connectivity index (χ2v) is 5.16. The molecule has 0 spiro atoms. The van der Waals surface area contributed by atoms with E-state index in [0.717, 1.165) is 5.71 Å². The smallest absolute Gasteiger partial charge is 0.166 e. The van der Waals surface area contributed by atoms with Gasteiger partial charge in [0, 0.05) is 22.9 Å². The minimum atomic E-state index is -0.567. The number of oxime groups is 1. The molecule has 0 amide bonds. The zero-order chi connectivity index (χ0) is 16.4. The van der Waals surface area contributed by atoms with Crippen LogP contribution >= 0.6 is 0 Å². The highest BCUT2D eigenvalue weighted by molar-refractivity contribution is 5.99. The second kappa shape index (κ2) is 6.29. The summed E-state index contributed by atoms with van der Waals surface area (Å²) in [6, 6.07) is 5.86. The summed E-state index contributed by atoms with van der Waals surface area (Å²) in [6.07, 6.45) is 1.42. The minimum Gasteiger partial charge on any atom is -0.399 e. The Labute approximate surface area is 131 Å². The molecule has 1 fully saturated rings. The van der Waals surface area contributed by atoms with Crippen molar-refractivity contribution in [2.45, 2.75) is 6.61 Å². The molecule has 0 radical (unpaired) electrons. The lowest BCUT2D eigenvalue weighted by molar-refractivity contribution is 0.211. The summed E-state index contributed by atoms with van der Waals surface area (Å²) in [6.45, 7) is 0.486. The number of nitrogens with zero attached hydrogens (tertiary/aromatic N) is 3. The Hall–Kier alpha value is -2.54. The van der Waals surface area contributed by atoms with Crippen LogP contribution < -0.4 is 4.90 Å². The molecule has 1 aliphatic rings. The molecule has 1 N–H and O–H groups in total. The molecule has 1 aromatic heterocycles. The maximum absolute atomic E-state index is 14.3. The van der Waals surface area contributed by atoms with Gasteiger partial charge in [0.15, 0.2) is 11.6 Å². The van der Waals surface area contributed by atoms with Crippen molar-refractivity contribution in [2.75, 3.05) is 25.1 Å². The van der Waals surface area contributed by atoms with Crippen molar-refractivity contribution in [3.8, 4) is 11.1 Å². The summed E-state index contributed by atoms with van der Waals surface area (Å²) in [5.74, 6) is -0.905. The molecule has 1 aromatic carbocycles. The number of aliphatic hydroxyl groups excluding tert-OH is 1. The summed E-state index contributed by atoms with van der Waals surface area (Å²) in [5, 5.41) is 12.9. The highest BCUT2D eigenvalue weighted by Crippen LogP contribution is 2.29. The normalized spacial score (nSPS) is 13.7. The van der Waals surface area contributed by atoms with Crippen LogP contribution in [0.5, 0.6) is 0 Å². The molecule has 0 aliphatic carbocycles. The number of anilines is 1. The van der Waals surface area contributed by atoms with Gasteiger partial charge in [-0.05, 0) is 6.07 Å². The van der Waals surface area contributed by atoms with E-state index in [9.17, 15) is 8.78 Å². The summed E-state index contributed by atoms with van der Waals surface area (Å²) in [4.78, 5) is 10.5. The van der Waals surface area contributed by atoms with Crippen LogP contribution in [0.3, 0.4) is 0 Å². The van der Waals surface area contributed by atoms with Crippen LogP contribution in [0.15, 0.2) is 35.6 Å². The number of benzene rings is 1. The van der Waals surface area contributed by atoms with Gasteiger partial charge in [-0.15, -0.1) is 0 Å². The number of hydrogen-bond donors (Lipinski definition) is 1. The highest BCUT2D eigenvalue weighted by atomic mass is 19.1. The molecule has 1 saturated heterocycles. The highest BCUT2D eigenvalue weighted by Gasteiger charge is 2.26. The van der Waals surface area contributed by atoms with Gasteiger partial charge in [0.2, 0.25) is 0 Å². The Balaban J connectivity index is 1.87. The van der Waals surface area contributed by atoms with Crippen molar-refractivity contribution in [2.24, 2.45) is 5.16 Å². The van der Waals surface area contributed by atoms with Crippen LogP contribution in [0.2, 0.25) is 0 Å². The lowest BCUT2D eigenvalue weighted by Gasteiger charge is -2.33. The monoisotopic (exact) mass is 319 g/mol. The molecule has 2 aromatic rings. The first-order valence-electron chi connectivity index (χ1n) is 7.02. The van der Waals surface area contributed by atoms with Crippen molar-refractivity contribution in [1.82, 2.24) is 4.98 Å². The van der Waals surface area contributed by atoms with Crippen LogP contribution in [0.1, 0.15) is 5.56 Å². The molecule has 3 rings (SSSR count). The van der Waals surface area contributed by atoms with E-state index in [1.807, 2.05) is 0 Å². The zero-order valence-corrected chi connectivity index (χ0v) is 12.5. The molecule has 0 bridgehead atoms. The number of pyridine rings is 1. The number of aromatic nitrogens is 1. The molecule has 7 heteroatoms. The first-order chi connectivity index (χ1) is 11.1. The average Bonchev–Trinajstić information content (AvgIpc) is 2.51. The van der Waals surface area contributed by atoms with Crippen molar-refractivity contribution in [3.05, 3.63) is 47.7 Å². The van der Waals surface area contributed by atoms with Gasteiger partial charge in [0.1, 0.15) is 12.9 Å². The van der Waals surface area contributed by atoms with Crippen molar-refractivity contribution in [1.29, 1.82) is 0 Å². The third-order valence-electron chi connectivity index (χ3n) is 3.65. The fraction of sp³-hybridized carbons (Fsp3) is 0.250. The van der Waals surface area contributed by atoms with Gasteiger partial charge < -0.3 is 14.8 Å². The van der Waals surface area contributed by atoms with Crippen LogP contribution in [-0.4, -0.2) is 36.0 Å². The van der Waals surface area contributed by atoms with E-state index in [0.29, 0.717) is 18.7 Å². The largest absolute Gasteiger partial charge is 0.399 e. The molecule has 0 unspecified atom stereocenters. The molecule has 23 heavy (non-hydrogen) atoms. The zero-order valence-electron chi connectivity index (χ0n) is 12.5. The van der Waals surface area contributed by atoms with Crippen molar-refractivity contribution < 1.29 is 18.7 Å². The maximum atomic E-state index is 14.3. The SMILES string of the molecule is CON=C1CN(c2ncc(-c3cccc(CO)c3F)cc2F)C1. The maximum Gasteiger partial charge on any atom is 0.166 e. The number of hydrogen-bond acceptors (Lipinski definition) is 5. The van der Waals surface area contributed by atoms with Gasteiger partial charge in [-0.1, -0.05) is 23.4 Å². The lowest BCUT2D eigenvalue weighted by atomic mass is 10.0.